The first kappa shape index (κ1) is 15.9. The molecule has 2 saturated carbocycles. The summed E-state index contributed by atoms with van der Waals surface area (Å²) in [5, 5.41) is 9.85. The molecule has 0 aromatic carbocycles. The average molecular weight is 340 g/mol. The van der Waals surface area contributed by atoms with Gasteiger partial charge in [-0.05, 0) is 44.7 Å². The number of carbonyl (C=O) groups excluding carboxylic acids is 1. The van der Waals surface area contributed by atoms with Crippen molar-refractivity contribution in [1.29, 1.82) is 0 Å². The Labute approximate surface area is 137 Å². The standard InChI is InChI=1S/C17H19F3N2O2/c1-15(24)6-16(7-15)8-22(9-16)14(23)11-4-12(10-2-3-10)21-13(5-11)17(18,19)20/h4-5,10,24H,2-3,6-9H2,1H3. The molecule has 1 N–H and O–H groups in total. The fourth-order valence-corrected chi connectivity index (χ4v) is 4.29. The maximum Gasteiger partial charge on any atom is 0.433 e. The molecule has 1 aliphatic heterocycles. The van der Waals surface area contributed by atoms with Crippen molar-refractivity contribution in [3.05, 3.63) is 29.1 Å². The molecule has 130 valence electrons. The number of aromatic nitrogens is 1. The van der Waals surface area contributed by atoms with Gasteiger partial charge in [0, 0.05) is 35.7 Å². The third-order valence-corrected chi connectivity index (χ3v) is 5.23. The van der Waals surface area contributed by atoms with Crippen LogP contribution in [-0.4, -0.2) is 39.6 Å². The number of nitrogens with zero attached hydrogens (tertiary/aromatic N) is 2. The number of hydrogen-bond donors (Lipinski definition) is 1. The molecule has 3 aliphatic rings. The van der Waals surface area contributed by atoms with E-state index in [0.29, 0.717) is 31.6 Å². The lowest BCUT2D eigenvalue weighted by Gasteiger charge is -2.61. The first-order valence-electron chi connectivity index (χ1n) is 8.18. The summed E-state index contributed by atoms with van der Waals surface area (Å²) in [5.74, 6) is -0.328. The van der Waals surface area contributed by atoms with Gasteiger partial charge in [0.25, 0.3) is 5.91 Å². The Kier molecular flexibility index (Phi) is 3.12. The van der Waals surface area contributed by atoms with Gasteiger partial charge in [-0.15, -0.1) is 0 Å². The van der Waals surface area contributed by atoms with Gasteiger partial charge in [-0.2, -0.15) is 13.2 Å². The SMILES string of the molecule is CC1(O)CC2(CN(C(=O)c3cc(C4CC4)nc(C(F)(F)F)c3)C2)C1. The second kappa shape index (κ2) is 4.71. The topological polar surface area (TPSA) is 53.4 Å². The van der Waals surface area contributed by atoms with Gasteiger partial charge >= 0.3 is 6.18 Å². The number of likely N-dealkylation sites (tertiary alicyclic amines) is 1. The minimum Gasteiger partial charge on any atom is -0.390 e. The van der Waals surface area contributed by atoms with Gasteiger partial charge in [-0.25, -0.2) is 4.98 Å². The molecule has 0 atom stereocenters. The number of rotatable bonds is 2. The highest BCUT2D eigenvalue weighted by molar-refractivity contribution is 5.95. The number of pyridine rings is 1. The maximum atomic E-state index is 13.0. The maximum absolute atomic E-state index is 13.0. The summed E-state index contributed by atoms with van der Waals surface area (Å²) in [5.41, 5.74) is -1.26. The highest BCUT2D eigenvalue weighted by atomic mass is 19.4. The minimum atomic E-state index is -4.55. The fraction of sp³-hybridized carbons (Fsp3) is 0.647. The first-order chi connectivity index (χ1) is 11.1. The van der Waals surface area contributed by atoms with Crippen molar-refractivity contribution in [2.45, 2.75) is 50.3 Å². The zero-order valence-electron chi connectivity index (χ0n) is 13.4. The number of aliphatic hydroxyl groups is 1. The molecule has 4 nitrogen and oxygen atoms in total. The van der Waals surface area contributed by atoms with E-state index in [1.807, 2.05) is 0 Å². The molecule has 1 aromatic heterocycles. The number of hydrogen-bond acceptors (Lipinski definition) is 3. The Morgan fingerprint density at radius 3 is 2.42 bits per heavy atom. The Morgan fingerprint density at radius 1 is 1.29 bits per heavy atom. The Bertz CT molecular complexity index is 694. The molecule has 24 heavy (non-hydrogen) atoms. The summed E-state index contributed by atoms with van der Waals surface area (Å²) in [6.07, 6.45) is -1.63. The van der Waals surface area contributed by atoms with Crippen LogP contribution < -0.4 is 0 Å². The third-order valence-electron chi connectivity index (χ3n) is 5.23. The van der Waals surface area contributed by atoms with Crippen LogP contribution in [0.15, 0.2) is 12.1 Å². The van der Waals surface area contributed by atoms with Crippen LogP contribution in [0.3, 0.4) is 0 Å². The molecule has 4 rings (SSSR count). The number of carbonyl (C=O) groups is 1. The van der Waals surface area contributed by atoms with Crippen LogP contribution in [0.25, 0.3) is 0 Å². The third kappa shape index (κ3) is 2.68. The Balaban J connectivity index is 1.53. The van der Waals surface area contributed by atoms with Crippen molar-refractivity contribution < 1.29 is 23.1 Å². The van der Waals surface area contributed by atoms with Crippen LogP contribution in [0.1, 0.15) is 60.3 Å². The van der Waals surface area contributed by atoms with Crippen molar-refractivity contribution in [3.63, 3.8) is 0 Å². The van der Waals surface area contributed by atoms with E-state index >= 15 is 0 Å². The van der Waals surface area contributed by atoms with E-state index in [9.17, 15) is 23.1 Å². The lowest BCUT2D eigenvalue weighted by molar-refractivity contribution is -0.169. The van der Waals surface area contributed by atoms with Crippen LogP contribution in [0.5, 0.6) is 0 Å². The van der Waals surface area contributed by atoms with Gasteiger partial charge in [0.2, 0.25) is 0 Å². The number of alkyl halides is 3. The zero-order chi connectivity index (χ0) is 17.3. The summed E-state index contributed by atoms with van der Waals surface area (Å²) in [7, 11) is 0. The lowest BCUT2D eigenvalue weighted by atomic mass is 9.56. The first-order valence-corrected chi connectivity index (χ1v) is 8.18. The van der Waals surface area contributed by atoms with Crippen molar-refractivity contribution in [3.8, 4) is 0 Å². The monoisotopic (exact) mass is 340 g/mol. The number of halogens is 3. The largest absolute Gasteiger partial charge is 0.433 e. The summed E-state index contributed by atoms with van der Waals surface area (Å²) >= 11 is 0. The molecule has 1 saturated heterocycles. The second-order valence-corrected chi connectivity index (χ2v) is 7.95. The van der Waals surface area contributed by atoms with Crippen LogP contribution in [0.4, 0.5) is 13.2 Å². The van der Waals surface area contributed by atoms with E-state index in [-0.39, 0.29) is 22.8 Å². The molecule has 7 heteroatoms. The molecule has 1 spiro atoms. The molecule has 0 bridgehead atoms. The zero-order valence-corrected chi connectivity index (χ0v) is 13.4. The quantitative estimate of drug-likeness (QED) is 0.901. The summed E-state index contributed by atoms with van der Waals surface area (Å²) in [6.45, 7) is 2.78. The van der Waals surface area contributed by atoms with Crippen molar-refractivity contribution >= 4 is 5.91 Å². The van der Waals surface area contributed by atoms with Gasteiger partial charge in [-0.1, -0.05) is 0 Å². The van der Waals surface area contributed by atoms with E-state index in [1.165, 1.54) is 6.07 Å². The Morgan fingerprint density at radius 2 is 1.92 bits per heavy atom. The van der Waals surface area contributed by atoms with Gasteiger partial charge < -0.3 is 10.0 Å². The number of amides is 1. The predicted molar refractivity (Wildman–Crippen MR) is 79.4 cm³/mol. The molecule has 0 unspecified atom stereocenters. The van der Waals surface area contributed by atoms with E-state index < -0.39 is 17.5 Å². The van der Waals surface area contributed by atoms with E-state index in [4.69, 9.17) is 0 Å². The van der Waals surface area contributed by atoms with Gasteiger partial charge in [0.1, 0.15) is 5.69 Å². The highest BCUT2D eigenvalue weighted by Gasteiger charge is 2.58. The van der Waals surface area contributed by atoms with Crippen molar-refractivity contribution in [1.82, 2.24) is 9.88 Å². The molecule has 2 aliphatic carbocycles. The molecule has 0 radical (unpaired) electrons. The van der Waals surface area contributed by atoms with Gasteiger partial charge in [0.15, 0.2) is 0 Å². The normalized spacial score (nSPS) is 24.5. The molecule has 3 fully saturated rings. The highest BCUT2D eigenvalue weighted by Crippen LogP contribution is 2.54. The van der Waals surface area contributed by atoms with Crippen molar-refractivity contribution in [2.24, 2.45) is 5.41 Å². The average Bonchev–Trinajstić information content (AvgIpc) is 3.24. The summed E-state index contributed by atoms with van der Waals surface area (Å²) < 4.78 is 39.1. The van der Waals surface area contributed by atoms with Gasteiger partial charge in [-0.3, -0.25) is 4.79 Å². The van der Waals surface area contributed by atoms with Crippen LogP contribution in [0, 0.1) is 5.41 Å². The van der Waals surface area contributed by atoms with Gasteiger partial charge in [0.05, 0.1) is 5.60 Å². The van der Waals surface area contributed by atoms with E-state index in [1.54, 1.807) is 11.8 Å². The summed E-state index contributed by atoms with van der Waals surface area (Å²) in [4.78, 5) is 17.8. The smallest absolute Gasteiger partial charge is 0.390 e. The molecular formula is C17H19F3N2O2. The minimum absolute atomic E-state index is 0.0433. The fourth-order valence-electron chi connectivity index (χ4n) is 4.29. The van der Waals surface area contributed by atoms with Crippen LogP contribution >= 0.6 is 0 Å². The van der Waals surface area contributed by atoms with E-state index in [0.717, 1.165) is 18.9 Å². The second-order valence-electron chi connectivity index (χ2n) is 7.95. The molecule has 2 heterocycles. The molecule has 1 aromatic rings. The Hall–Kier alpha value is -1.63. The van der Waals surface area contributed by atoms with Crippen LogP contribution in [0.2, 0.25) is 0 Å². The molecule has 1 amide bonds. The van der Waals surface area contributed by atoms with Crippen molar-refractivity contribution in [2.75, 3.05) is 13.1 Å². The lowest BCUT2D eigenvalue weighted by Crippen LogP contribution is -2.68. The van der Waals surface area contributed by atoms with E-state index in [2.05, 4.69) is 4.98 Å². The predicted octanol–water partition coefficient (Wildman–Crippen LogP) is 2.96. The van der Waals surface area contributed by atoms with Crippen LogP contribution in [-0.2, 0) is 6.18 Å². The molecular weight excluding hydrogens is 321 g/mol. The summed E-state index contributed by atoms with van der Waals surface area (Å²) in [6, 6.07) is 2.37.